The van der Waals surface area contributed by atoms with E-state index < -0.39 is 11.4 Å². The Morgan fingerprint density at radius 1 is 1.21 bits per heavy atom. The molecule has 0 bridgehead atoms. The first-order valence-electron chi connectivity index (χ1n) is 11.6. The molecule has 0 atom stereocenters. The number of nitrogens with zero attached hydrogens (tertiary/aromatic N) is 3. The molecular formula is C25H23ClN4O6S2. The zero-order valence-electron chi connectivity index (χ0n) is 20.6. The molecule has 0 aliphatic heterocycles. The summed E-state index contributed by atoms with van der Waals surface area (Å²) in [6.45, 7) is 5.48. The maximum atomic E-state index is 12.9. The first-order chi connectivity index (χ1) is 18.3. The minimum atomic E-state index is -0.829. The van der Waals surface area contributed by atoms with Gasteiger partial charge in [0.05, 0.1) is 10.8 Å². The van der Waals surface area contributed by atoms with Crippen LogP contribution in [-0.4, -0.2) is 27.2 Å². The van der Waals surface area contributed by atoms with Crippen molar-refractivity contribution < 1.29 is 23.3 Å². The van der Waals surface area contributed by atoms with Crippen molar-refractivity contribution in [3.63, 3.8) is 0 Å². The number of carbonyl (C=O) groups excluding carboxylic acids is 2. The molecule has 0 spiro atoms. The van der Waals surface area contributed by atoms with Gasteiger partial charge in [-0.05, 0) is 25.8 Å². The van der Waals surface area contributed by atoms with E-state index in [0.29, 0.717) is 25.8 Å². The third kappa shape index (κ3) is 6.32. The first-order valence-corrected chi connectivity index (χ1v) is 13.8. The molecule has 10 nitrogen and oxygen atoms in total. The summed E-state index contributed by atoms with van der Waals surface area (Å²) in [6, 6.07) is 8.09. The number of benzene rings is 1. The van der Waals surface area contributed by atoms with E-state index in [9.17, 15) is 14.4 Å². The van der Waals surface area contributed by atoms with Crippen LogP contribution in [0.25, 0.3) is 11.3 Å². The van der Waals surface area contributed by atoms with E-state index in [4.69, 9.17) is 25.3 Å². The van der Waals surface area contributed by atoms with Crippen molar-refractivity contribution in [3.05, 3.63) is 68.9 Å². The molecule has 0 unspecified atom stereocenters. The van der Waals surface area contributed by atoms with Crippen LogP contribution in [0.1, 0.15) is 48.6 Å². The number of halogens is 1. The maximum absolute atomic E-state index is 12.9. The van der Waals surface area contributed by atoms with E-state index in [1.54, 1.807) is 31.2 Å². The lowest BCUT2D eigenvalue weighted by molar-refractivity contribution is -0.120. The molecule has 0 aliphatic rings. The molecule has 198 valence electrons. The maximum Gasteiger partial charge on any atom is 0.349 e. The van der Waals surface area contributed by atoms with E-state index in [-0.39, 0.29) is 40.3 Å². The number of esters is 1. The number of aromatic nitrogens is 3. The molecule has 0 aliphatic carbocycles. The van der Waals surface area contributed by atoms with Crippen molar-refractivity contribution in [3.8, 4) is 17.0 Å². The fourth-order valence-electron chi connectivity index (χ4n) is 3.51. The van der Waals surface area contributed by atoms with E-state index in [0.717, 1.165) is 19.1 Å². The molecular weight excluding hydrogens is 552 g/mol. The Labute approximate surface area is 230 Å². The fourth-order valence-corrected chi connectivity index (χ4v) is 5.38. The Hall–Kier alpha value is -3.48. The second-order valence-electron chi connectivity index (χ2n) is 8.07. The van der Waals surface area contributed by atoms with E-state index in [2.05, 4.69) is 20.7 Å². The Morgan fingerprint density at radius 3 is 2.68 bits per heavy atom. The quantitative estimate of drug-likeness (QED) is 0.136. The lowest BCUT2D eigenvalue weighted by atomic mass is 10.0. The average molecular weight is 575 g/mol. The number of hydrogen-bond acceptors (Lipinski definition) is 11. The molecule has 0 radical (unpaired) electrons. The number of hydrogen-bond donors (Lipinski definition) is 1. The van der Waals surface area contributed by atoms with Gasteiger partial charge in [0.25, 0.3) is 0 Å². The van der Waals surface area contributed by atoms with Crippen LogP contribution in [-0.2, 0) is 10.5 Å². The van der Waals surface area contributed by atoms with Crippen LogP contribution in [0, 0.1) is 12.8 Å². The van der Waals surface area contributed by atoms with Crippen LogP contribution >= 0.6 is 34.7 Å². The molecule has 1 N–H and O–H groups in total. The van der Waals surface area contributed by atoms with Gasteiger partial charge in [-0.15, -0.1) is 10.2 Å². The molecule has 0 fully saturated rings. The van der Waals surface area contributed by atoms with Crippen LogP contribution in [0.5, 0.6) is 5.75 Å². The molecule has 38 heavy (non-hydrogen) atoms. The number of carbonyl (C=O) groups is 2. The van der Waals surface area contributed by atoms with Gasteiger partial charge < -0.3 is 19.0 Å². The molecule has 1 aromatic carbocycles. The van der Waals surface area contributed by atoms with Gasteiger partial charge in [-0.2, -0.15) is 0 Å². The van der Waals surface area contributed by atoms with Gasteiger partial charge in [0.15, 0.2) is 4.34 Å². The van der Waals surface area contributed by atoms with Crippen LogP contribution in [0.4, 0.5) is 5.13 Å². The summed E-state index contributed by atoms with van der Waals surface area (Å²) in [5, 5.41) is 15.6. The minimum Gasteiger partial charge on any atom is -0.464 e. The summed E-state index contributed by atoms with van der Waals surface area (Å²) in [7, 11) is 0. The molecule has 13 heteroatoms. The summed E-state index contributed by atoms with van der Waals surface area (Å²) in [5.41, 5.74) is 0.222. The number of ether oxygens (including phenoxy) is 1. The van der Waals surface area contributed by atoms with Crippen molar-refractivity contribution in [2.24, 2.45) is 5.92 Å². The summed E-state index contributed by atoms with van der Waals surface area (Å²) in [6.07, 6.45) is 2.57. The van der Waals surface area contributed by atoms with E-state index in [1.165, 1.54) is 29.2 Å². The van der Waals surface area contributed by atoms with Crippen LogP contribution < -0.4 is 15.5 Å². The summed E-state index contributed by atoms with van der Waals surface area (Å²) >= 11 is 8.76. The summed E-state index contributed by atoms with van der Waals surface area (Å²) < 4.78 is 16.6. The zero-order valence-corrected chi connectivity index (χ0v) is 23.0. The molecule has 0 saturated carbocycles. The Balaban J connectivity index is 1.40. The normalized spacial score (nSPS) is 11.1. The van der Waals surface area contributed by atoms with Crippen molar-refractivity contribution in [1.82, 2.24) is 15.4 Å². The number of amides is 1. The predicted molar refractivity (Wildman–Crippen MR) is 144 cm³/mol. The summed E-state index contributed by atoms with van der Waals surface area (Å²) in [5.74, 6) is -0.431. The lowest BCUT2D eigenvalue weighted by Gasteiger charge is -2.09. The second-order valence-corrected chi connectivity index (χ2v) is 10.7. The van der Waals surface area contributed by atoms with Gasteiger partial charge in [0.1, 0.15) is 29.0 Å². The van der Waals surface area contributed by atoms with Gasteiger partial charge in [-0.25, -0.2) is 4.79 Å². The van der Waals surface area contributed by atoms with E-state index >= 15 is 0 Å². The molecule has 4 aromatic rings. The molecule has 0 saturated heterocycles. The zero-order chi connectivity index (χ0) is 27.2. The van der Waals surface area contributed by atoms with E-state index in [1.807, 2.05) is 13.8 Å². The van der Waals surface area contributed by atoms with Crippen LogP contribution in [0.2, 0.25) is 5.02 Å². The van der Waals surface area contributed by atoms with Gasteiger partial charge in [0, 0.05) is 17.5 Å². The van der Waals surface area contributed by atoms with Crippen LogP contribution in [0.15, 0.2) is 54.7 Å². The third-order valence-corrected chi connectivity index (χ3v) is 7.91. The van der Waals surface area contributed by atoms with Gasteiger partial charge >= 0.3 is 5.97 Å². The lowest BCUT2D eigenvalue weighted by Crippen LogP contribution is -2.21. The standard InChI is InChI=1S/C25H23ClN4O6S2/c1-4-14(5-2)22(32)27-24-28-29-25(38-24)37-12-15-10-18(31)19(11-34-15)35-23(33)20-13(3)36-30-21(20)16-8-6-7-9-17(16)26/h6-11,14H,4-5,12H2,1-3H3,(H,27,28,32). The largest absolute Gasteiger partial charge is 0.464 e. The van der Waals surface area contributed by atoms with Crippen molar-refractivity contribution >= 4 is 51.7 Å². The Bertz CT molecular complexity index is 1510. The fraction of sp³-hybridized carbons (Fsp3) is 0.280. The van der Waals surface area contributed by atoms with Crippen molar-refractivity contribution in [2.75, 3.05) is 5.32 Å². The number of anilines is 1. The average Bonchev–Trinajstić information content (AvgIpc) is 3.51. The molecule has 1 amide bonds. The third-order valence-electron chi connectivity index (χ3n) is 5.58. The Morgan fingerprint density at radius 2 is 1.97 bits per heavy atom. The summed E-state index contributed by atoms with van der Waals surface area (Å²) in [4.78, 5) is 37.8. The van der Waals surface area contributed by atoms with Crippen LogP contribution in [0.3, 0.4) is 0 Å². The number of nitrogens with one attached hydrogen (secondary N) is 1. The SMILES string of the molecule is CCC(CC)C(=O)Nc1nnc(SCc2cc(=O)c(OC(=O)c3c(-c4ccccc4Cl)noc3C)co2)s1. The van der Waals surface area contributed by atoms with Gasteiger partial charge in [0.2, 0.25) is 22.2 Å². The monoisotopic (exact) mass is 574 g/mol. The topological polar surface area (TPSA) is 137 Å². The smallest absolute Gasteiger partial charge is 0.349 e. The van der Waals surface area contributed by atoms with Gasteiger partial charge in [-0.3, -0.25) is 9.59 Å². The number of aryl methyl sites for hydroxylation is 1. The highest BCUT2D eigenvalue weighted by molar-refractivity contribution is 8.00. The Kier molecular flexibility index (Phi) is 8.97. The number of thioether (sulfide) groups is 1. The van der Waals surface area contributed by atoms with Crippen molar-refractivity contribution in [1.29, 1.82) is 0 Å². The second kappa shape index (κ2) is 12.4. The van der Waals surface area contributed by atoms with Crippen molar-refractivity contribution in [2.45, 2.75) is 43.7 Å². The molecule has 4 rings (SSSR count). The minimum absolute atomic E-state index is 0.0560. The highest BCUT2D eigenvalue weighted by Crippen LogP contribution is 2.32. The number of rotatable bonds is 10. The highest BCUT2D eigenvalue weighted by atomic mass is 35.5. The van der Waals surface area contributed by atoms with Gasteiger partial charge in [-0.1, -0.05) is 71.9 Å². The molecule has 3 heterocycles. The molecule has 3 aromatic heterocycles. The first kappa shape index (κ1) is 27.6. The highest BCUT2D eigenvalue weighted by Gasteiger charge is 2.26. The predicted octanol–water partition coefficient (Wildman–Crippen LogP) is 5.99.